The molecule has 0 unspecified atom stereocenters. The molecular weight excluding hydrogens is 236 g/mol. The summed E-state index contributed by atoms with van der Waals surface area (Å²) in [5.41, 5.74) is 0.583. The molecule has 0 aromatic heterocycles. The molecule has 1 aliphatic rings. The fourth-order valence-electron chi connectivity index (χ4n) is 1.74. The Bertz CT molecular complexity index is 466. The van der Waals surface area contributed by atoms with Crippen LogP contribution in [0.1, 0.15) is 29.6 Å². The van der Waals surface area contributed by atoms with Gasteiger partial charge in [-0.1, -0.05) is 0 Å². The van der Waals surface area contributed by atoms with Crippen LogP contribution < -0.4 is 9.47 Å². The molecule has 0 aliphatic carbocycles. The van der Waals surface area contributed by atoms with Crippen LogP contribution in [0.2, 0.25) is 0 Å². The lowest BCUT2D eigenvalue weighted by Gasteiger charge is -2.17. The molecule has 1 aliphatic heterocycles. The number of Topliss-reactive ketones (excluding diaryl/α,β-unsaturated/α-hetero) is 1. The van der Waals surface area contributed by atoms with Crippen LogP contribution in [0.15, 0.2) is 18.2 Å². The fraction of sp³-hybridized carbons (Fsp3) is 0.385. The first-order chi connectivity index (χ1) is 8.66. The van der Waals surface area contributed by atoms with Gasteiger partial charge in [0, 0.05) is 18.9 Å². The summed E-state index contributed by atoms with van der Waals surface area (Å²) in [5.74, 6) is 0.377. The molecule has 5 heteroatoms. The molecule has 0 atom stereocenters. The Morgan fingerprint density at radius 2 is 2.28 bits per heavy atom. The van der Waals surface area contributed by atoms with Crippen molar-refractivity contribution < 1.29 is 24.2 Å². The minimum Gasteiger partial charge on any atom is -0.493 e. The molecule has 1 heterocycles. The van der Waals surface area contributed by atoms with Gasteiger partial charge in [-0.05, 0) is 18.6 Å². The van der Waals surface area contributed by atoms with Gasteiger partial charge in [0.15, 0.2) is 5.78 Å². The van der Waals surface area contributed by atoms with E-state index in [1.165, 1.54) is 0 Å². The summed E-state index contributed by atoms with van der Waals surface area (Å²) in [6.45, 7) is 0.729. The van der Waals surface area contributed by atoms with Crippen molar-refractivity contribution in [1.82, 2.24) is 0 Å². The standard InChI is InChI=1S/C13H14O5/c14-11-5-7-18-12-8-9(3-4-10(11)12)17-6-1-2-13(15)16/h3-4,8H,1-2,5-7H2,(H,15,16). The summed E-state index contributed by atoms with van der Waals surface area (Å²) in [6, 6.07) is 5.06. The lowest BCUT2D eigenvalue weighted by Crippen LogP contribution is -2.15. The van der Waals surface area contributed by atoms with Gasteiger partial charge in [0.25, 0.3) is 0 Å². The largest absolute Gasteiger partial charge is 0.493 e. The zero-order chi connectivity index (χ0) is 13.0. The van der Waals surface area contributed by atoms with Crippen molar-refractivity contribution in [3.63, 3.8) is 0 Å². The first-order valence-electron chi connectivity index (χ1n) is 5.81. The minimum absolute atomic E-state index is 0.0775. The highest BCUT2D eigenvalue weighted by atomic mass is 16.5. The number of aliphatic carboxylic acids is 1. The Balaban J connectivity index is 1.94. The zero-order valence-corrected chi connectivity index (χ0v) is 9.85. The lowest BCUT2D eigenvalue weighted by atomic mass is 10.1. The normalized spacial score (nSPS) is 13.7. The highest BCUT2D eigenvalue weighted by Gasteiger charge is 2.18. The predicted molar refractivity (Wildman–Crippen MR) is 63.2 cm³/mol. The zero-order valence-electron chi connectivity index (χ0n) is 9.85. The number of benzene rings is 1. The van der Waals surface area contributed by atoms with Gasteiger partial charge in [0.2, 0.25) is 0 Å². The van der Waals surface area contributed by atoms with Crippen molar-refractivity contribution in [2.24, 2.45) is 0 Å². The molecule has 2 rings (SSSR count). The number of fused-ring (bicyclic) bond motifs is 1. The van der Waals surface area contributed by atoms with Crippen molar-refractivity contribution in [3.8, 4) is 11.5 Å². The average Bonchev–Trinajstić information content (AvgIpc) is 2.35. The smallest absolute Gasteiger partial charge is 0.303 e. The topological polar surface area (TPSA) is 72.8 Å². The summed E-state index contributed by atoms with van der Waals surface area (Å²) in [4.78, 5) is 21.9. The molecule has 18 heavy (non-hydrogen) atoms. The number of hydrogen-bond acceptors (Lipinski definition) is 4. The molecule has 5 nitrogen and oxygen atoms in total. The molecule has 0 bridgehead atoms. The highest BCUT2D eigenvalue weighted by molar-refractivity contribution is 5.99. The first kappa shape index (κ1) is 12.4. The Morgan fingerprint density at radius 3 is 3.06 bits per heavy atom. The van der Waals surface area contributed by atoms with E-state index < -0.39 is 5.97 Å². The number of ether oxygens (including phenoxy) is 2. The molecule has 96 valence electrons. The highest BCUT2D eigenvalue weighted by Crippen LogP contribution is 2.29. The molecule has 0 spiro atoms. The third-order valence-electron chi connectivity index (χ3n) is 2.64. The van der Waals surface area contributed by atoms with Crippen LogP contribution >= 0.6 is 0 Å². The van der Waals surface area contributed by atoms with Gasteiger partial charge in [0.1, 0.15) is 11.5 Å². The van der Waals surface area contributed by atoms with E-state index in [4.69, 9.17) is 14.6 Å². The Hall–Kier alpha value is -2.04. The fourth-order valence-corrected chi connectivity index (χ4v) is 1.74. The Labute approximate surface area is 104 Å². The van der Waals surface area contributed by atoms with Crippen LogP contribution in [0.5, 0.6) is 11.5 Å². The second-order valence-corrected chi connectivity index (χ2v) is 4.03. The maximum Gasteiger partial charge on any atom is 0.303 e. The van der Waals surface area contributed by atoms with Crippen LogP contribution in [-0.4, -0.2) is 30.1 Å². The maximum absolute atomic E-state index is 11.5. The molecule has 0 radical (unpaired) electrons. The second-order valence-electron chi connectivity index (χ2n) is 4.03. The van der Waals surface area contributed by atoms with Crippen molar-refractivity contribution in [2.75, 3.05) is 13.2 Å². The van der Waals surface area contributed by atoms with Gasteiger partial charge in [-0.25, -0.2) is 0 Å². The third-order valence-corrected chi connectivity index (χ3v) is 2.64. The van der Waals surface area contributed by atoms with E-state index in [9.17, 15) is 9.59 Å². The molecular formula is C13H14O5. The average molecular weight is 250 g/mol. The maximum atomic E-state index is 11.5. The number of carboxylic acid groups (broad SMARTS) is 1. The molecule has 0 saturated heterocycles. The van der Waals surface area contributed by atoms with Crippen molar-refractivity contribution in [3.05, 3.63) is 23.8 Å². The first-order valence-corrected chi connectivity index (χ1v) is 5.81. The molecule has 0 fully saturated rings. The number of hydrogen-bond donors (Lipinski definition) is 1. The van der Waals surface area contributed by atoms with Crippen molar-refractivity contribution in [2.45, 2.75) is 19.3 Å². The van der Waals surface area contributed by atoms with E-state index in [2.05, 4.69) is 0 Å². The minimum atomic E-state index is -0.835. The summed E-state index contributed by atoms with van der Waals surface area (Å²) in [6.07, 6.45) is 0.942. The Kier molecular flexibility index (Phi) is 3.82. The van der Waals surface area contributed by atoms with Crippen LogP contribution in [0.25, 0.3) is 0 Å². The van der Waals surface area contributed by atoms with Gasteiger partial charge < -0.3 is 14.6 Å². The van der Waals surface area contributed by atoms with Gasteiger partial charge in [-0.2, -0.15) is 0 Å². The van der Waals surface area contributed by atoms with Crippen LogP contribution in [0, 0.1) is 0 Å². The quantitative estimate of drug-likeness (QED) is 0.808. The molecule has 1 N–H and O–H groups in total. The van der Waals surface area contributed by atoms with E-state index in [-0.39, 0.29) is 12.2 Å². The lowest BCUT2D eigenvalue weighted by molar-refractivity contribution is -0.137. The molecule has 0 saturated carbocycles. The van der Waals surface area contributed by atoms with Gasteiger partial charge in [-0.3, -0.25) is 9.59 Å². The third kappa shape index (κ3) is 3.00. The van der Waals surface area contributed by atoms with Gasteiger partial charge in [0.05, 0.1) is 18.8 Å². The summed E-state index contributed by atoms with van der Waals surface area (Å²) in [7, 11) is 0. The van der Waals surface area contributed by atoms with Crippen LogP contribution in [-0.2, 0) is 4.79 Å². The number of carboxylic acids is 1. The van der Waals surface area contributed by atoms with E-state index in [1.54, 1.807) is 18.2 Å². The summed E-state index contributed by atoms with van der Waals surface area (Å²) >= 11 is 0. The number of carbonyl (C=O) groups is 2. The van der Waals surface area contributed by atoms with Crippen molar-refractivity contribution >= 4 is 11.8 Å². The van der Waals surface area contributed by atoms with E-state index in [0.717, 1.165) is 0 Å². The van der Waals surface area contributed by atoms with E-state index in [1.807, 2.05) is 0 Å². The second kappa shape index (κ2) is 5.53. The predicted octanol–water partition coefficient (Wildman–Crippen LogP) is 1.90. The number of ketones is 1. The van der Waals surface area contributed by atoms with Crippen molar-refractivity contribution in [1.29, 1.82) is 0 Å². The van der Waals surface area contributed by atoms with Crippen LogP contribution in [0.3, 0.4) is 0 Å². The molecule has 1 aromatic rings. The number of rotatable bonds is 5. The Morgan fingerprint density at radius 1 is 1.44 bits per heavy atom. The van der Waals surface area contributed by atoms with Gasteiger partial charge >= 0.3 is 5.97 Å². The van der Waals surface area contributed by atoms with E-state index >= 15 is 0 Å². The van der Waals surface area contributed by atoms with E-state index in [0.29, 0.717) is 43.1 Å². The monoisotopic (exact) mass is 250 g/mol. The summed E-state index contributed by atoms with van der Waals surface area (Å²) < 4.78 is 10.8. The molecule has 0 amide bonds. The molecule has 1 aromatic carbocycles. The number of carbonyl (C=O) groups excluding carboxylic acids is 1. The SMILES string of the molecule is O=C(O)CCCOc1ccc2c(c1)OCCC2=O. The summed E-state index contributed by atoms with van der Waals surface area (Å²) in [5, 5.41) is 8.48. The van der Waals surface area contributed by atoms with Crippen LogP contribution in [0.4, 0.5) is 0 Å². The van der Waals surface area contributed by atoms with Gasteiger partial charge in [-0.15, -0.1) is 0 Å².